The minimum atomic E-state index is -3.15. The largest absolute Gasteiger partial charge is 0.391 e. The van der Waals surface area contributed by atoms with Gasteiger partial charge in [0.05, 0.1) is 22.8 Å². The van der Waals surface area contributed by atoms with Gasteiger partial charge in [-0.3, -0.25) is 0 Å². The molecule has 0 amide bonds. The molecule has 1 fully saturated rings. The molecule has 20 heavy (non-hydrogen) atoms. The molecule has 0 bridgehead atoms. The number of aliphatic hydroxyl groups is 1. The summed E-state index contributed by atoms with van der Waals surface area (Å²) in [7, 11) is -3.15. The quantitative estimate of drug-likeness (QED) is 0.876. The fraction of sp³-hybridized carbons (Fsp3) is 0.600. The van der Waals surface area contributed by atoms with Crippen LogP contribution >= 0.6 is 0 Å². The lowest BCUT2D eigenvalue weighted by Crippen LogP contribution is -2.36. The smallest absolute Gasteiger partial charge is 0.178 e. The molecular weight excluding hydrogens is 274 g/mol. The third kappa shape index (κ3) is 3.73. The van der Waals surface area contributed by atoms with E-state index in [9.17, 15) is 13.5 Å². The molecule has 0 heterocycles. The molecule has 1 saturated carbocycles. The van der Waals surface area contributed by atoms with Crippen LogP contribution in [0.3, 0.4) is 0 Å². The van der Waals surface area contributed by atoms with E-state index in [4.69, 9.17) is 0 Å². The molecule has 5 heteroatoms. The molecule has 1 aromatic rings. The number of hydrogen-bond acceptors (Lipinski definition) is 4. The molecule has 0 aliphatic heterocycles. The van der Waals surface area contributed by atoms with Gasteiger partial charge in [0.2, 0.25) is 0 Å². The van der Waals surface area contributed by atoms with Gasteiger partial charge in [0.25, 0.3) is 0 Å². The third-order valence-corrected chi connectivity index (χ3v) is 5.70. The Labute approximate surface area is 121 Å². The average molecular weight is 297 g/mol. The Morgan fingerprint density at radius 1 is 1.20 bits per heavy atom. The van der Waals surface area contributed by atoms with Crippen LogP contribution in [0.2, 0.25) is 0 Å². The van der Waals surface area contributed by atoms with Crippen LogP contribution in [-0.4, -0.2) is 31.4 Å². The number of sulfone groups is 1. The number of benzene rings is 1. The maximum Gasteiger partial charge on any atom is 0.178 e. The zero-order valence-corrected chi connectivity index (χ0v) is 12.7. The first-order valence-corrected chi connectivity index (χ1v) is 8.95. The maximum absolute atomic E-state index is 11.9. The molecule has 0 spiro atoms. The molecule has 2 rings (SSSR count). The van der Waals surface area contributed by atoms with Gasteiger partial charge in [0.15, 0.2) is 9.84 Å². The Kier molecular flexibility index (Phi) is 5.05. The van der Waals surface area contributed by atoms with Crippen molar-refractivity contribution in [1.82, 2.24) is 0 Å². The lowest BCUT2D eigenvalue weighted by molar-refractivity contribution is 0.116. The lowest BCUT2D eigenvalue weighted by Gasteiger charge is -2.29. The molecule has 2 unspecified atom stereocenters. The summed E-state index contributed by atoms with van der Waals surface area (Å²) in [5.41, 5.74) is 0.867. The lowest BCUT2D eigenvalue weighted by atomic mass is 9.92. The Morgan fingerprint density at radius 2 is 1.85 bits per heavy atom. The Morgan fingerprint density at radius 3 is 2.45 bits per heavy atom. The molecule has 1 aliphatic carbocycles. The Hall–Kier alpha value is -1.07. The van der Waals surface area contributed by atoms with Crippen molar-refractivity contribution < 1.29 is 13.5 Å². The summed E-state index contributed by atoms with van der Waals surface area (Å²) >= 11 is 0. The van der Waals surface area contributed by atoms with Crippen molar-refractivity contribution in [2.24, 2.45) is 0 Å². The summed E-state index contributed by atoms with van der Waals surface area (Å²) in [6.07, 6.45) is 4.30. The van der Waals surface area contributed by atoms with Crippen molar-refractivity contribution in [1.29, 1.82) is 0 Å². The number of anilines is 1. The summed E-state index contributed by atoms with van der Waals surface area (Å²) < 4.78 is 23.9. The fourth-order valence-electron chi connectivity index (χ4n) is 2.64. The first-order valence-electron chi connectivity index (χ1n) is 7.30. The number of rotatable bonds is 5. The molecule has 112 valence electrons. The van der Waals surface area contributed by atoms with Gasteiger partial charge < -0.3 is 10.4 Å². The number of hydrogen-bond donors (Lipinski definition) is 2. The Bertz CT molecular complexity index is 525. The maximum atomic E-state index is 11.9. The molecular formula is C15H23NO3S. The molecule has 0 aromatic heterocycles. The Balaban J connectivity index is 2.05. The SMILES string of the molecule is CCCS(=O)(=O)c1ccc(NC2CCCCC2O)cc1. The highest BCUT2D eigenvalue weighted by atomic mass is 32.2. The van der Waals surface area contributed by atoms with Crippen LogP contribution in [0.5, 0.6) is 0 Å². The van der Waals surface area contributed by atoms with Crippen LogP contribution in [0.1, 0.15) is 39.0 Å². The van der Waals surface area contributed by atoms with Crippen molar-refractivity contribution in [3.8, 4) is 0 Å². The zero-order valence-electron chi connectivity index (χ0n) is 11.9. The van der Waals surface area contributed by atoms with Crippen LogP contribution in [-0.2, 0) is 9.84 Å². The molecule has 2 atom stereocenters. The average Bonchev–Trinajstić information content (AvgIpc) is 2.42. The normalized spacial score (nSPS) is 23.5. The van der Waals surface area contributed by atoms with E-state index in [1.54, 1.807) is 24.3 Å². The van der Waals surface area contributed by atoms with Crippen molar-refractivity contribution in [2.45, 2.75) is 56.1 Å². The van der Waals surface area contributed by atoms with E-state index in [1.165, 1.54) is 0 Å². The zero-order chi connectivity index (χ0) is 14.6. The van der Waals surface area contributed by atoms with Crippen LogP contribution in [0.4, 0.5) is 5.69 Å². The first-order chi connectivity index (χ1) is 9.53. The van der Waals surface area contributed by atoms with E-state index in [0.717, 1.165) is 31.4 Å². The second-order valence-corrected chi connectivity index (χ2v) is 7.56. The molecule has 0 radical (unpaired) electrons. The van der Waals surface area contributed by atoms with E-state index >= 15 is 0 Å². The molecule has 1 aromatic carbocycles. The standard InChI is InChI=1S/C15H23NO3S/c1-2-11-20(18,19)13-9-7-12(8-10-13)16-14-5-3-4-6-15(14)17/h7-10,14-17H,2-6,11H2,1H3. The van der Waals surface area contributed by atoms with Gasteiger partial charge in [-0.25, -0.2) is 8.42 Å². The predicted molar refractivity (Wildman–Crippen MR) is 80.7 cm³/mol. The second-order valence-electron chi connectivity index (χ2n) is 5.45. The minimum absolute atomic E-state index is 0.0712. The van der Waals surface area contributed by atoms with E-state index in [0.29, 0.717) is 11.3 Å². The summed E-state index contributed by atoms with van der Waals surface area (Å²) in [5.74, 6) is 0.182. The summed E-state index contributed by atoms with van der Waals surface area (Å²) in [5, 5.41) is 13.2. The van der Waals surface area contributed by atoms with Crippen LogP contribution in [0.15, 0.2) is 29.2 Å². The summed E-state index contributed by atoms with van der Waals surface area (Å²) in [4.78, 5) is 0.370. The number of nitrogens with one attached hydrogen (secondary N) is 1. The van der Waals surface area contributed by atoms with Crippen LogP contribution < -0.4 is 5.32 Å². The molecule has 0 saturated heterocycles. The van der Waals surface area contributed by atoms with Crippen molar-refractivity contribution in [2.75, 3.05) is 11.1 Å². The van der Waals surface area contributed by atoms with Crippen molar-refractivity contribution in [3.05, 3.63) is 24.3 Å². The van der Waals surface area contributed by atoms with Gasteiger partial charge in [-0.15, -0.1) is 0 Å². The second kappa shape index (κ2) is 6.59. The van der Waals surface area contributed by atoms with Gasteiger partial charge in [-0.1, -0.05) is 19.8 Å². The third-order valence-electron chi connectivity index (χ3n) is 3.77. The highest BCUT2D eigenvalue weighted by Gasteiger charge is 2.22. The first kappa shape index (κ1) is 15.3. The van der Waals surface area contributed by atoms with Crippen LogP contribution in [0.25, 0.3) is 0 Å². The highest BCUT2D eigenvalue weighted by molar-refractivity contribution is 7.91. The van der Waals surface area contributed by atoms with Gasteiger partial charge in [0.1, 0.15) is 0 Å². The van der Waals surface area contributed by atoms with E-state index in [2.05, 4.69) is 5.32 Å². The number of aliphatic hydroxyl groups excluding tert-OH is 1. The van der Waals surface area contributed by atoms with E-state index < -0.39 is 9.84 Å². The predicted octanol–water partition coefficient (Wildman–Crippen LogP) is 2.59. The highest BCUT2D eigenvalue weighted by Crippen LogP contribution is 2.23. The van der Waals surface area contributed by atoms with Gasteiger partial charge in [0, 0.05) is 5.69 Å². The van der Waals surface area contributed by atoms with Gasteiger partial charge >= 0.3 is 0 Å². The molecule has 4 nitrogen and oxygen atoms in total. The topological polar surface area (TPSA) is 66.4 Å². The van der Waals surface area contributed by atoms with Gasteiger partial charge in [-0.2, -0.15) is 0 Å². The van der Waals surface area contributed by atoms with Gasteiger partial charge in [-0.05, 0) is 43.5 Å². The monoisotopic (exact) mass is 297 g/mol. The fourth-order valence-corrected chi connectivity index (χ4v) is 3.96. The van der Waals surface area contributed by atoms with E-state index in [1.807, 2.05) is 6.92 Å². The summed E-state index contributed by atoms with van der Waals surface area (Å²) in [6.45, 7) is 1.86. The van der Waals surface area contributed by atoms with Crippen molar-refractivity contribution >= 4 is 15.5 Å². The summed E-state index contributed by atoms with van der Waals surface area (Å²) in [6, 6.07) is 6.92. The minimum Gasteiger partial charge on any atom is -0.391 e. The molecule has 1 aliphatic rings. The van der Waals surface area contributed by atoms with Crippen molar-refractivity contribution in [3.63, 3.8) is 0 Å². The molecule has 2 N–H and O–H groups in total. The van der Waals surface area contributed by atoms with Crippen LogP contribution in [0, 0.1) is 0 Å². The van der Waals surface area contributed by atoms with E-state index in [-0.39, 0.29) is 17.9 Å².